The molecule has 5 aromatic rings. The molecule has 0 aliphatic carbocycles. The van der Waals surface area contributed by atoms with E-state index in [4.69, 9.17) is 4.74 Å². The number of fused-ring (bicyclic) bond motifs is 2. The number of amides is 4. The van der Waals surface area contributed by atoms with Gasteiger partial charge >= 0.3 is 5.97 Å². The van der Waals surface area contributed by atoms with Gasteiger partial charge in [0.2, 0.25) is 0 Å². The van der Waals surface area contributed by atoms with E-state index in [0.29, 0.717) is 33.0 Å². The molecule has 0 atom stereocenters. The van der Waals surface area contributed by atoms with Gasteiger partial charge in [0, 0.05) is 39.6 Å². The number of carbonyl (C=O) groups is 5. The van der Waals surface area contributed by atoms with E-state index in [1.165, 1.54) is 4.90 Å². The smallest absolute Gasteiger partial charge is 0.312 e. The first-order valence-electron chi connectivity index (χ1n) is 14.0. The number of benzene rings is 5. The highest BCUT2D eigenvalue weighted by Crippen LogP contribution is 2.48. The molecule has 4 amide bonds. The summed E-state index contributed by atoms with van der Waals surface area (Å²) in [6, 6.07) is 10.9. The Morgan fingerprint density at radius 3 is 1.52 bits per heavy atom. The Kier molecular flexibility index (Phi) is 5.18. The van der Waals surface area contributed by atoms with Crippen molar-refractivity contribution in [3.05, 3.63) is 69.8 Å². The Hall–Kier alpha value is -4.85. The first kappa shape index (κ1) is 26.1. The van der Waals surface area contributed by atoms with Crippen molar-refractivity contribution in [3.63, 3.8) is 0 Å². The topological polar surface area (TPSA) is 101 Å². The fraction of sp³-hybridized carbons (Fsp3) is 0.265. The van der Waals surface area contributed by atoms with E-state index in [9.17, 15) is 24.0 Å². The maximum atomic E-state index is 13.8. The number of ether oxygens (including phenoxy) is 1. The zero-order valence-electron chi connectivity index (χ0n) is 24.2. The van der Waals surface area contributed by atoms with Crippen molar-refractivity contribution in [1.82, 2.24) is 9.80 Å². The molecule has 2 aliphatic heterocycles. The molecule has 5 aromatic carbocycles. The standard InChI is InChI=1S/C34H28N2O6/c1-7-35-29(37)19-10-8-17-24-16(3)13-22-26-20(30(38)36(32(22)40)14-42-33(41)34(4,5)6)11-9-18(28(24)26)23-15(2)12-21(31(35)39)25(19)27(17)23/h8-13H,7,14H2,1-6H3. The molecule has 7 rings (SSSR count). The van der Waals surface area contributed by atoms with Gasteiger partial charge in [-0.3, -0.25) is 28.9 Å². The SMILES string of the molecule is CCN1C(=O)c2ccc3c4c(C)cc5c6c(ccc(c7c(C)cc(c2c37)C1=O)c64)C(=O)N(COC(=O)C(C)(C)C)C5=O. The van der Waals surface area contributed by atoms with Gasteiger partial charge in [-0.25, -0.2) is 4.90 Å². The van der Waals surface area contributed by atoms with Crippen molar-refractivity contribution < 1.29 is 28.7 Å². The first-order chi connectivity index (χ1) is 19.9. The van der Waals surface area contributed by atoms with Crippen LogP contribution in [0, 0.1) is 19.3 Å². The predicted molar refractivity (Wildman–Crippen MR) is 159 cm³/mol. The van der Waals surface area contributed by atoms with Crippen molar-refractivity contribution in [2.24, 2.45) is 5.41 Å². The van der Waals surface area contributed by atoms with Gasteiger partial charge in [0.15, 0.2) is 6.73 Å². The zero-order valence-corrected chi connectivity index (χ0v) is 24.2. The van der Waals surface area contributed by atoms with Crippen molar-refractivity contribution >= 4 is 72.7 Å². The van der Waals surface area contributed by atoms with E-state index in [2.05, 4.69) is 0 Å². The molecule has 0 unspecified atom stereocenters. The summed E-state index contributed by atoms with van der Waals surface area (Å²) in [4.78, 5) is 68.9. The predicted octanol–water partition coefficient (Wildman–Crippen LogP) is 6.11. The van der Waals surface area contributed by atoms with Crippen LogP contribution in [0.1, 0.15) is 80.3 Å². The molecule has 8 heteroatoms. The largest absolute Gasteiger partial charge is 0.443 e. The second-order valence-corrected chi connectivity index (χ2v) is 12.3. The van der Waals surface area contributed by atoms with Gasteiger partial charge in [0.25, 0.3) is 23.6 Å². The molecule has 42 heavy (non-hydrogen) atoms. The Morgan fingerprint density at radius 1 is 0.643 bits per heavy atom. The first-order valence-corrected chi connectivity index (χ1v) is 14.0. The highest BCUT2D eigenvalue weighted by atomic mass is 16.5. The summed E-state index contributed by atoms with van der Waals surface area (Å²) in [7, 11) is 0. The number of esters is 1. The molecule has 0 fully saturated rings. The van der Waals surface area contributed by atoms with Crippen LogP contribution in [0.25, 0.3) is 43.1 Å². The van der Waals surface area contributed by atoms with Crippen LogP contribution in [0.15, 0.2) is 36.4 Å². The molecule has 0 N–H and O–H groups in total. The molecule has 210 valence electrons. The molecule has 2 heterocycles. The van der Waals surface area contributed by atoms with Gasteiger partial charge in [-0.15, -0.1) is 0 Å². The second kappa shape index (κ2) is 8.35. The molecule has 0 bridgehead atoms. The van der Waals surface area contributed by atoms with E-state index in [1.54, 1.807) is 45.9 Å². The molecule has 0 saturated carbocycles. The van der Waals surface area contributed by atoms with E-state index < -0.39 is 29.9 Å². The summed E-state index contributed by atoms with van der Waals surface area (Å²) in [5, 5.41) is 6.28. The van der Waals surface area contributed by atoms with Crippen LogP contribution < -0.4 is 0 Å². The van der Waals surface area contributed by atoms with E-state index in [0.717, 1.165) is 48.3 Å². The van der Waals surface area contributed by atoms with Crippen LogP contribution >= 0.6 is 0 Å². The number of imide groups is 2. The van der Waals surface area contributed by atoms with Crippen LogP contribution in [0.2, 0.25) is 0 Å². The minimum atomic E-state index is -0.784. The monoisotopic (exact) mass is 560 g/mol. The minimum Gasteiger partial charge on any atom is -0.443 e. The molecule has 0 aromatic heterocycles. The zero-order chi connectivity index (χ0) is 30.0. The van der Waals surface area contributed by atoms with Gasteiger partial charge in [0.1, 0.15) is 0 Å². The summed E-state index contributed by atoms with van der Waals surface area (Å²) in [6.07, 6.45) is 0. The Balaban J connectivity index is 1.54. The average molecular weight is 561 g/mol. The highest BCUT2D eigenvalue weighted by molar-refractivity contribution is 6.42. The fourth-order valence-corrected chi connectivity index (χ4v) is 6.72. The van der Waals surface area contributed by atoms with Crippen molar-refractivity contribution in [1.29, 1.82) is 0 Å². The Labute approximate surface area is 241 Å². The highest BCUT2D eigenvalue weighted by Gasteiger charge is 2.38. The van der Waals surface area contributed by atoms with Gasteiger partial charge in [-0.05, 0) is 109 Å². The molecule has 0 radical (unpaired) electrons. The molecule has 8 nitrogen and oxygen atoms in total. The number of rotatable bonds is 3. The van der Waals surface area contributed by atoms with Crippen molar-refractivity contribution in [2.75, 3.05) is 13.3 Å². The Morgan fingerprint density at radius 2 is 1.07 bits per heavy atom. The number of hydrogen-bond acceptors (Lipinski definition) is 6. The lowest BCUT2D eigenvalue weighted by Crippen LogP contribution is -2.43. The summed E-state index contributed by atoms with van der Waals surface area (Å²) < 4.78 is 5.37. The van der Waals surface area contributed by atoms with Gasteiger partial charge in [-0.1, -0.05) is 12.1 Å². The maximum absolute atomic E-state index is 13.8. The van der Waals surface area contributed by atoms with E-state index in [1.807, 2.05) is 32.0 Å². The van der Waals surface area contributed by atoms with Gasteiger partial charge in [-0.2, -0.15) is 0 Å². The third-order valence-corrected chi connectivity index (χ3v) is 8.65. The summed E-state index contributed by atoms with van der Waals surface area (Å²) in [6.45, 7) is 10.6. The summed E-state index contributed by atoms with van der Waals surface area (Å²) >= 11 is 0. The summed E-state index contributed by atoms with van der Waals surface area (Å²) in [5.74, 6) is -2.18. The molecular formula is C34H28N2O6. The van der Waals surface area contributed by atoms with Crippen LogP contribution in [0.5, 0.6) is 0 Å². The molecule has 2 aliphatic rings. The lowest BCUT2D eigenvalue weighted by atomic mass is 9.80. The number of carbonyl (C=O) groups excluding carboxylic acids is 5. The molecule has 0 spiro atoms. The second-order valence-electron chi connectivity index (χ2n) is 12.3. The number of hydrogen-bond donors (Lipinski definition) is 0. The van der Waals surface area contributed by atoms with E-state index in [-0.39, 0.29) is 18.4 Å². The van der Waals surface area contributed by atoms with Crippen molar-refractivity contribution in [2.45, 2.75) is 41.5 Å². The van der Waals surface area contributed by atoms with Crippen molar-refractivity contribution in [3.8, 4) is 0 Å². The number of nitrogens with zero attached hydrogens (tertiary/aromatic N) is 2. The summed E-state index contributed by atoms with van der Waals surface area (Å²) in [5.41, 5.74) is 2.61. The average Bonchev–Trinajstić information content (AvgIpc) is 2.94. The molecular weight excluding hydrogens is 532 g/mol. The van der Waals surface area contributed by atoms with E-state index >= 15 is 0 Å². The van der Waals surface area contributed by atoms with Gasteiger partial charge < -0.3 is 4.74 Å². The lowest BCUT2D eigenvalue weighted by Gasteiger charge is -2.31. The third-order valence-electron chi connectivity index (χ3n) is 8.65. The normalized spacial score (nSPS) is 15.3. The van der Waals surface area contributed by atoms with Crippen LogP contribution in [-0.2, 0) is 9.53 Å². The maximum Gasteiger partial charge on any atom is 0.312 e. The van der Waals surface area contributed by atoms with Crippen LogP contribution in [0.4, 0.5) is 0 Å². The van der Waals surface area contributed by atoms with Crippen LogP contribution in [0.3, 0.4) is 0 Å². The van der Waals surface area contributed by atoms with Crippen LogP contribution in [-0.4, -0.2) is 52.7 Å². The fourth-order valence-electron chi connectivity index (χ4n) is 6.72. The quantitative estimate of drug-likeness (QED) is 0.114. The Bertz CT molecular complexity index is 2130. The number of aryl methyl sites for hydroxylation is 2. The lowest BCUT2D eigenvalue weighted by molar-refractivity contribution is -0.155. The molecule has 0 saturated heterocycles. The minimum absolute atomic E-state index is 0.280. The third kappa shape index (κ3) is 3.15. The van der Waals surface area contributed by atoms with Gasteiger partial charge in [0.05, 0.1) is 5.41 Å².